The topological polar surface area (TPSA) is 3.24 Å². The van der Waals surface area contributed by atoms with Crippen LogP contribution in [0, 0.1) is 0 Å². The summed E-state index contributed by atoms with van der Waals surface area (Å²) in [7, 11) is 0. The van der Waals surface area contributed by atoms with Crippen molar-refractivity contribution in [3.63, 3.8) is 0 Å². The van der Waals surface area contributed by atoms with E-state index in [4.69, 9.17) is 0 Å². The summed E-state index contributed by atoms with van der Waals surface area (Å²) in [5.41, 5.74) is 11.4. The molecule has 2 aromatic heterocycles. The number of hydrogen-bond acceptors (Lipinski definition) is 3. The molecule has 48 heavy (non-hydrogen) atoms. The van der Waals surface area contributed by atoms with Crippen LogP contribution < -0.4 is 4.90 Å². The van der Waals surface area contributed by atoms with Crippen LogP contribution in [0.15, 0.2) is 152 Å². The molecule has 0 amide bonds. The van der Waals surface area contributed by atoms with E-state index in [2.05, 4.69) is 170 Å². The van der Waals surface area contributed by atoms with Gasteiger partial charge in [-0.1, -0.05) is 123 Å². The Morgan fingerprint density at radius 3 is 1.92 bits per heavy atom. The van der Waals surface area contributed by atoms with Gasteiger partial charge in [0.2, 0.25) is 0 Å². The molecule has 0 atom stereocenters. The number of nitrogens with zero attached hydrogens (tertiary/aromatic N) is 1. The summed E-state index contributed by atoms with van der Waals surface area (Å²) in [6, 6.07) is 56.3. The molecule has 0 spiro atoms. The normalized spacial score (nSPS) is 13.4. The lowest BCUT2D eigenvalue weighted by molar-refractivity contribution is 0.660. The number of anilines is 3. The summed E-state index contributed by atoms with van der Waals surface area (Å²) in [6.45, 7) is 4.71. The SMILES string of the molecule is CC1(C)c2ccccc2-c2cc(N(c3ccccc3-c3cccc4sc5ccccc5c34)c3cccc4c3sc3ccccc34)ccc21. The quantitative estimate of drug-likeness (QED) is 0.183. The van der Waals surface area contributed by atoms with Crippen molar-refractivity contribution in [2.45, 2.75) is 19.3 Å². The van der Waals surface area contributed by atoms with Gasteiger partial charge in [0.05, 0.1) is 16.1 Å². The van der Waals surface area contributed by atoms with Crippen molar-refractivity contribution in [2.24, 2.45) is 0 Å². The molecule has 9 aromatic rings. The number of thiophene rings is 2. The Kier molecular flexibility index (Phi) is 6.03. The molecule has 2 heterocycles. The number of para-hydroxylation sites is 1. The zero-order valence-electron chi connectivity index (χ0n) is 26.7. The maximum absolute atomic E-state index is 2.52. The molecule has 0 saturated carbocycles. The van der Waals surface area contributed by atoms with Crippen LogP contribution in [-0.4, -0.2) is 0 Å². The molecule has 1 nitrogen and oxygen atoms in total. The molecular formula is C45H31NS2. The maximum Gasteiger partial charge on any atom is 0.0640 e. The van der Waals surface area contributed by atoms with Gasteiger partial charge in [-0.25, -0.2) is 0 Å². The summed E-state index contributed by atoms with van der Waals surface area (Å²) in [4.78, 5) is 2.52. The van der Waals surface area contributed by atoms with Crippen molar-refractivity contribution in [1.29, 1.82) is 0 Å². The summed E-state index contributed by atoms with van der Waals surface area (Å²) >= 11 is 3.76. The highest BCUT2D eigenvalue weighted by Gasteiger charge is 2.36. The molecule has 10 rings (SSSR count). The molecule has 0 unspecified atom stereocenters. The van der Waals surface area contributed by atoms with Crippen LogP contribution in [0.25, 0.3) is 62.6 Å². The van der Waals surface area contributed by atoms with Crippen molar-refractivity contribution >= 4 is 80.1 Å². The smallest absolute Gasteiger partial charge is 0.0640 e. The average molecular weight is 650 g/mol. The Labute approximate surface area is 288 Å². The van der Waals surface area contributed by atoms with Crippen molar-refractivity contribution < 1.29 is 0 Å². The van der Waals surface area contributed by atoms with E-state index in [-0.39, 0.29) is 5.41 Å². The lowest BCUT2D eigenvalue weighted by Gasteiger charge is -2.29. The van der Waals surface area contributed by atoms with Gasteiger partial charge in [0.15, 0.2) is 0 Å². The van der Waals surface area contributed by atoms with Gasteiger partial charge in [0.1, 0.15) is 0 Å². The first-order valence-electron chi connectivity index (χ1n) is 16.5. The average Bonchev–Trinajstić information content (AvgIpc) is 3.77. The van der Waals surface area contributed by atoms with E-state index in [0.717, 1.165) is 0 Å². The predicted molar refractivity (Wildman–Crippen MR) is 210 cm³/mol. The predicted octanol–water partition coefficient (Wildman–Crippen LogP) is 13.9. The van der Waals surface area contributed by atoms with Gasteiger partial charge >= 0.3 is 0 Å². The molecule has 7 aromatic carbocycles. The summed E-state index contributed by atoms with van der Waals surface area (Å²) in [6.07, 6.45) is 0. The maximum atomic E-state index is 2.52. The van der Waals surface area contributed by atoms with Crippen LogP contribution in [0.5, 0.6) is 0 Å². The number of rotatable bonds is 4. The van der Waals surface area contributed by atoms with Gasteiger partial charge in [0.25, 0.3) is 0 Å². The van der Waals surface area contributed by atoms with Gasteiger partial charge in [-0.05, 0) is 70.3 Å². The van der Waals surface area contributed by atoms with Gasteiger partial charge in [-0.3, -0.25) is 0 Å². The van der Waals surface area contributed by atoms with E-state index < -0.39 is 0 Å². The van der Waals surface area contributed by atoms with E-state index in [0.29, 0.717) is 0 Å². The van der Waals surface area contributed by atoms with Crippen LogP contribution in [-0.2, 0) is 5.41 Å². The zero-order chi connectivity index (χ0) is 32.0. The number of hydrogen-bond donors (Lipinski definition) is 0. The summed E-state index contributed by atoms with van der Waals surface area (Å²) < 4.78 is 5.25. The molecule has 0 aliphatic heterocycles. The molecule has 0 bridgehead atoms. The van der Waals surface area contributed by atoms with Crippen molar-refractivity contribution in [2.75, 3.05) is 4.90 Å². The fourth-order valence-electron chi connectivity index (χ4n) is 8.06. The van der Waals surface area contributed by atoms with E-state index >= 15 is 0 Å². The van der Waals surface area contributed by atoms with Crippen molar-refractivity contribution in [3.8, 4) is 22.3 Å². The van der Waals surface area contributed by atoms with Crippen LogP contribution >= 0.6 is 22.7 Å². The van der Waals surface area contributed by atoms with Crippen LogP contribution in [0.3, 0.4) is 0 Å². The standard InChI is InChI=1S/C45H31NS2/c1-45(2)36-19-7-3-13-29(36)35-27-28(25-26-37(35)45)46(39-21-11-18-33-31-15-5-9-22-40(31)48-44(33)39)38-20-8-4-14-30(38)32-17-12-24-42-43(32)34-16-6-10-23-41(34)47-42/h3-27H,1-2H3. The van der Waals surface area contributed by atoms with Gasteiger partial charge < -0.3 is 4.90 Å². The molecule has 1 aliphatic carbocycles. The highest BCUT2D eigenvalue weighted by atomic mass is 32.1. The zero-order valence-corrected chi connectivity index (χ0v) is 28.3. The first-order valence-corrected chi connectivity index (χ1v) is 18.2. The molecule has 3 heteroatoms. The van der Waals surface area contributed by atoms with E-state index in [1.807, 2.05) is 22.7 Å². The molecule has 228 valence electrons. The first kappa shape index (κ1) is 27.9. The Hall–Kier alpha value is -5.22. The van der Waals surface area contributed by atoms with Crippen LogP contribution in [0.2, 0.25) is 0 Å². The minimum absolute atomic E-state index is 0.0473. The highest BCUT2D eigenvalue weighted by molar-refractivity contribution is 7.26. The molecular weight excluding hydrogens is 619 g/mol. The molecule has 0 fully saturated rings. The third-order valence-electron chi connectivity index (χ3n) is 10.3. The number of benzene rings is 7. The molecule has 0 saturated heterocycles. The fraction of sp³-hybridized carbons (Fsp3) is 0.0667. The first-order chi connectivity index (χ1) is 23.6. The van der Waals surface area contributed by atoms with Crippen molar-refractivity contribution in [1.82, 2.24) is 0 Å². The van der Waals surface area contributed by atoms with E-state index in [9.17, 15) is 0 Å². The summed E-state index contributed by atoms with van der Waals surface area (Å²) in [5.74, 6) is 0. The summed E-state index contributed by atoms with van der Waals surface area (Å²) in [5, 5.41) is 5.26. The van der Waals surface area contributed by atoms with Crippen LogP contribution in [0.1, 0.15) is 25.0 Å². The largest absolute Gasteiger partial charge is 0.308 e. The highest BCUT2D eigenvalue weighted by Crippen LogP contribution is 2.53. The second-order valence-electron chi connectivity index (χ2n) is 13.3. The third-order valence-corrected chi connectivity index (χ3v) is 12.6. The lowest BCUT2D eigenvalue weighted by Crippen LogP contribution is -2.15. The van der Waals surface area contributed by atoms with Gasteiger partial charge in [-0.15, -0.1) is 22.7 Å². The van der Waals surface area contributed by atoms with Gasteiger partial charge in [-0.2, -0.15) is 0 Å². The Morgan fingerprint density at radius 1 is 0.438 bits per heavy atom. The molecule has 1 aliphatic rings. The molecule has 0 N–H and O–H groups in total. The lowest BCUT2D eigenvalue weighted by atomic mass is 9.82. The minimum Gasteiger partial charge on any atom is -0.308 e. The fourth-order valence-corrected chi connectivity index (χ4v) is 10.4. The van der Waals surface area contributed by atoms with Gasteiger partial charge in [0, 0.05) is 52.3 Å². The Morgan fingerprint density at radius 2 is 1.04 bits per heavy atom. The Balaban J connectivity index is 1.28. The second kappa shape index (κ2) is 10.4. The van der Waals surface area contributed by atoms with E-state index in [1.165, 1.54) is 90.8 Å². The Bertz CT molecular complexity index is 2730. The minimum atomic E-state index is -0.0473. The van der Waals surface area contributed by atoms with Crippen molar-refractivity contribution in [3.05, 3.63) is 163 Å². The second-order valence-corrected chi connectivity index (χ2v) is 15.4. The van der Waals surface area contributed by atoms with Crippen LogP contribution in [0.4, 0.5) is 17.1 Å². The third kappa shape index (κ3) is 3.95. The number of fused-ring (bicyclic) bond motifs is 9. The molecule has 0 radical (unpaired) electrons. The van der Waals surface area contributed by atoms with E-state index in [1.54, 1.807) is 0 Å². The monoisotopic (exact) mass is 649 g/mol.